The number of nitrogens with two attached hydrogens (primary N) is 1. The van der Waals surface area contributed by atoms with E-state index in [9.17, 15) is 18.0 Å². The predicted molar refractivity (Wildman–Crippen MR) is 111 cm³/mol. The lowest BCUT2D eigenvalue weighted by atomic mass is 9.86. The van der Waals surface area contributed by atoms with E-state index in [1.165, 1.54) is 29.8 Å². The standard InChI is InChI=1S/C22H24F3N3OS/c1-13(29)28-22(30-21(27-28)17-12-15(23)8-9-20(17)25)14(10-11-26)4-2-5-16-18(22)6-3-7-19(16)24/h3,6-9,12,14,21,27H,2,4-5,10-11,26H2,1H3/t14-,21?,22?/m0/s1. The molecular formula is C22H24F3N3OS. The van der Waals surface area contributed by atoms with Gasteiger partial charge in [-0.1, -0.05) is 12.1 Å². The SMILES string of the molecule is CC(=O)N1NC(c2cc(F)ccc2F)SC12c1cccc(F)c1CCC[C@H]2CCN. The number of thioether (sulfide) groups is 1. The summed E-state index contributed by atoms with van der Waals surface area (Å²) < 4.78 is 43.3. The average Bonchev–Trinajstić information content (AvgIpc) is 3.04. The van der Waals surface area contributed by atoms with E-state index in [-0.39, 0.29) is 23.2 Å². The van der Waals surface area contributed by atoms with E-state index in [1.54, 1.807) is 6.07 Å². The van der Waals surface area contributed by atoms with Crippen molar-refractivity contribution < 1.29 is 18.0 Å². The zero-order chi connectivity index (χ0) is 21.5. The van der Waals surface area contributed by atoms with E-state index in [4.69, 9.17) is 5.73 Å². The fourth-order valence-corrected chi connectivity index (χ4v) is 6.60. The van der Waals surface area contributed by atoms with Crippen LogP contribution >= 0.6 is 11.8 Å². The minimum Gasteiger partial charge on any atom is -0.330 e. The Labute approximate surface area is 178 Å². The van der Waals surface area contributed by atoms with Crippen LogP contribution in [0.15, 0.2) is 36.4 Å². The highest BCUT2D eigenvalue weighted by atomic mass is 32.2. The molecule has 3 atom stereocenters. The van der Waals surface area contributed by atoms with Crippen molar-refractivity contribution in [1.82, 2.24) is 10.4 Å². The number of fused-ring (bicyclic) bond motifs is 2. The molecule has 2 aromatic carbocycles. The fourth-order valence-electron chi connectivity index (χ4n) is 4.74. The summed E-state index contributed by atoms with van der Waals surface area (Å²) in [5, 5.41) is 0.774. The Morgan fingerprint density at radius 2 is 2.07 bits per heavy atom. The number of rotatable bonds is 3. The third-order valence-corrected chi connectivity index (χ3v) is 7.67. The van der Waals surface area contributed by atoms with Gasteiger partial charge in [-0.25, -0.2) is 18.6 Å². The van der Waals surface area contributed by atoms with Crippen LogP contribution < -0.4 is 11.2 Å². The number of nitrogens with zero attached hydrogens (tertiary/aromatic N) is 1. The number of benzene rings is 2. The number of carbonyl (C=O) groups excluding carboxylic acids is 1. The zero-order valence-electron chi connectivity index (χ0n) is 16.6. The van der Waals surface area contributed by atoms with E-state index in [0.717, 1.165) is 31.0 Å². The molecule has 1 amide bonds. The van der Waals surface area contributed by atoms with Crippen molar-refractivity contribution in [3.63, 3.8) is 0 Å². The number of carbonyl (C=O) groups is 1. The number of amides is 1. The molecule has 2 aliphatic rings. The maximum Gasteiger partial charge on any atom is 0.235 e. The number of hydrazine groups is 1. The molecule has 0 saturated carbocycles. The maximum atomic E-state index is 14.8. The first-order valence-corrected chi connectivity index (χ1v) is 10.9. The number of halogens is 3. The largest absolute Gasteiger partial charge is 0.330 e. The molecule has 1 aliphatic heterocycles. The van der Waals surface area contributed by atoms with Gasteiger partial charge in [0.1, 0.15) is 27.7 Å². The van der Waals surface area contributed by atoms with Crippen molar-refractivity contribution >= 4 is 17.7 Å². The molecule has 3 N–H and O–H groups in total. The van der Waals surface area contributed by atoms with Crippen LogP contribution in [-0.4, -0.2) is 17.5 Å². The van der Waals surface area contributed by atoms with Crippen molar-refractivity contribution in [3.05, 3.63) is 70.5 Å². The predicted octanol–water partition coefficient (Wildman–Crippen LogP) is 4.36. The minimum atomic E-state index is -0.970. The highest BCUT2D eigenvalue weighted by Gasteiger charge is 2.56. The average molecular weight is 436 g/mol. The van der Waals surface area contributed by atoms with Gasteiger partial charge in [0.05, 0.1) is 0 Å². The quantitative estimate of drug-likeness (QED) is 0.752. The molecule has 30 heavy (non-hydrogen) atoms. The topological polar surface area (TPSA) is 58.4 Å². The first-order chi connectivity index (χ1) is 14.4. The van der Waals surface area contributed by atoms with Gasteiger partial charge in [-0.3, -0.25) is 9.80 Å². The van der Waals surface area contributed by atoms with Gasteiger partial charge < -0.3 is 5.73 Å². The van der Waals surface area contributed by atoms with Crippen LogP contribution in [0.5, 0.6) is 0 Å². The van der Waals surface area contributed by atoms with E-state index in [1.807, 2.05) is 6.07 Å². The van der Waals surface area contributed by atoms with E-state index in [2.05, 4.69) is 5.43 Å². The molecule has 0 radical (unpaired) electrons. The third-order valence-electron chi connectivity index (χ3n) is 5.98. The minimum absolute atomic E-state index is 0.0754. The van der Waals surface area contributed by atoms with Crippen molar-refractivity contribution in [1.29, 1.82) is 0 Å². The van der Waals surface area contributed by atoms with Crippen LogP contribution in [0.4, 0.5) is 13.2 Å². The summed E-state index contributed by atoms with van der Waals surface area (Å²) in [5.74, 6) is -1.79. The van der Waals surface area contributed by atoms with Gasteiger partial charge in [-0.15, -0.1) is 11.8 Å². The summed E-state index contributed by atoms with van der Waals surface area (Å²) in [6.07, 6.45) is 2.66. The summed E-state index contributed by atoms with van der Waals surface area (Å²) in [6.45, 7) is 1.82. The molecule has 1 aliphatic carbocycles. The normalized spacial score (nSPS) is 26.0. The molecule has 1 saturated heterocycles. The van der Waals surface area contributed by atoms with Crippen molar-refractivity contribution in [3.8, 4) is 0 Å². The summed E-state index contributed by atoms with van der Waals surface area (Å²) in [4.78, 5) is 11.8. The second-order valence-corrected chi connectivity index (χ2v) is 9.11. The summed E-state index contributed by atoms with van der Waals surface area (Å²) in [6, 6.07) is 8.17. The Balaban J connectivity index is 1.92. The number of hydrogen-bond donors (Lipinski definition) is 2. The Morgan fingerprint density at radius 3 is 2.80 bits per heavy atom. The lowest BCUT2D eigenvalue weighted by Crippen LogP contribution is -2.52. The summed E-state index contributed by atoms with van der Waals surface area (Å²) in [5.41, 5.74) is 10.4. The van der Waals surface area contributed by atoms with E-state index in [0.29, 0.717) is 30.5 Å². The molecule has 1 heterocycles. The molecule has 4 nitrogen and oxygen atoms in total. The van der Waals surface area contributed by atoms with Crippen molar-refractivity contribution in [2.75, 3.05) is 6.54 Å². The Bertz CT molecular complexity index is 973. The van der Waals surface area contributed by atoms with Crippen LogP contribution in [0.2, 0.25) is 0 Å². The van der Waals surface area contributed by atoms with Crippen LogP contribution in [0.3, 0.4) is 0 Å². The Kier molecular flexibility index (Phi) is 5.83. The second kappa shape index (κ2) is 8.24. The molecule has 1 spiro atoms. The summed E-state index contributed by atoms with van der Waals surface area (Å²) >= 11 is 1.32. The Hall–Kier alpha value is -2.03. The number of nitrogens with one attached hydrogen (secondary N) is 1. The van der Waals surface area contributed by atoms with Gasteiger partial charge in [-0.05, 0) is 73.5 Å². The number of hydrogen-bond acceptors (Lipinski definition) is 4. The Morgan fingerprint density at radius 1 is 1.27 bits per heavy atom. The molecule has 0 bridgehead atoms. The smallest absolute Gasteiger partial charge is 0.235 e. The molecule has 160 valence electrons. The lowest BCUT2D eigenvalue weighted by Gasteiger charge is -2.42. The summed E-state index contributed by atoms with van der Waals surface area (Å²) in [7, 11) is 0. The molecule has 8 heteroatoms. The van der Waals surface area contributed by atoms with Gasteiger partial charge in [-0.2, -0.15) is 0 Å². The molecular weight excluding hydrogens is 411 g/mol. The maximum absolute atomic E-state index is 14.8. The van der Waals surface area contributed by atoms with Crippen molar-refractivity contribution in [2.45, 2.75) is 42.9 Å². The molecule has 2 aromatic rings. The third kappa shape index (κ3) is 3.40. The van der Waals surface area contributed by atoms with Crippen LogP contribution in [0.1, 0.15) is 48.3 Å². The first kappa shape index (κ1) is 21.2. The molecule has 2 unspecified atom stereocenters. The second-order valence-electron chi connectivity index (χ2n) is 7.78. The monoisotopic (exact) mass is 435 g/mol. The van der Waals surface area contributed by atoms with E-state index >= 15 is 0 Å². The fraction of sp³-hybridized carbons (Fsp3) is 0.409. The van der Waals surface area contributed by atoms with Gasteiger partial charge in [0, 0.05) is 12.5 Å². The molecule has 4 rings (SSSR count). The molecule has 1 fully saturated rings. The van der Waals surface area contributed by atoms with Gasteiger partial charge >= 0.3 is 0 Å². The lowest BCUT2D eigenvalue weighted by molar-refractivity contribution is -0.137. The zero-order valence-corrected chi connectivity index (χ0v) is 17.4. The van der Waals surface area contributed by atoms with Crippen molar-refractivity contribution in [2.24, 2.45) is 11.7 Å². The van der Waals surface area contributed by atoms with Crippen LogP contribution in [0.25, 0.3) is 0 Å². The highest BCUT2D eigenvalue weighted by molar-refractivity contribution is 8.00. The van der Waals surface area contributed by atoms with Gasteiger partial charge in [0.25, 0.3) is 0 Å². The van der Waals surface area contributed by atoms with Crippen LogP contribution in [-0.2, 0) is 16.1 Å². The highest BCUT2D eigenvalue weighted by Crippen LogP contribution is 2.59. The van der Waals surface area contributed by atoms with Gasteiger partial charge in [0.2, 0.25) is 5.91 Å². The van der Waals surface area contributed by atoms with Gasteiger partial charge in [0.15, 0.2) is 0 Å². The molecule has 0 aromatic heterocycles. The first-order valence-electron chi connectivity index (χ1n) is 10.1. The van der Waals surface area contributed by atoms with Crippen LogP contribution in [0, 0.1) is 23.4 Å². The van der Waals surface area contributed by atoms with E-state index < -0.39 is 21.9 Å².